The Morgan fingerprint density at radius 3 is 2.70 bits per heavy atom. The third-order valence-corrected chi connectivity index (χ3v) is 3.67. The molecule has 1 aliphatic carbocycles. The molecule has 1 atom stereocenters. The van der Waals surface area contributed by atoms with Crippen molar-refractivity contribution < 1.29 is 14.3 Å². The Kier molecular flexibility index (Phi) is 4.35. The first-order chi connectivity index (χ1) is 9.54. The number of nitriles is 1. The number of hydrogen-bond acceptors (Lipinski definition) is 3. The molecular weight excluding hydrogens is 259 g/mol. The van der Waals surface area contributed by atoms with Gasteiger partial charge in [-0.3, -0.25) is 4.79 Å². The van der Waals surface area contributed by atoms with Gasteiger partial charge in [0.05, 0.1) is 18.1 Å². The van der Waals surface area contributed by atoms with Crippen molar-refractivity contribution in [2.75, 3.05) is 0 Å². The molecule has 5 heteroatoms. The summed E-state index contributed by atoms with van der Waals surface area (Å²) in [5.41, 5.74) is -0.832. The van der Waals surface area contributed by atoms with Crippen LogP contribution in [-0.4, -0.2) is 16.6 Å². The lowest BCUT2D eigenvalue weighted by atomic mass is 9.97. The molecule has 0 aromatic heterocycles. The summed E-state index contributed by atoms with van der Waals surface area (Å²) in [6.45, 7) is 0. The second-order valence-electron chi connectivity index (χ2n) is 5.26. The molecule has 20 heavy (non-hydrogen) atoms. The molecule has 1 saturated carbocycles. The zero-order valence-corrected chi connectivity index (χ0v) is 11.1. The van der Waals surface area contributed by atoms with Gasteiger partial charge in [-0.25, -0.2) is 4.39 Å². The maximum atomic E-state index is 13.6. The van der Waals surface area contributed by atoms with Crippen molar-refractivity contribution in [3.63, 3.8) is 0 Å². The molecular formula is C15H17FN2O2. The fraction of sp³-hybridized carbons (Fsp3) is 0.467. The lowest BCUT2D eigenvalue weighted by Gasteiger charge is -2.22. The van der Waals surface area contributed by atoms with E-state index in [1.165, 1.54) is 18.2 Å². The van der Waals surface area contributed by atoms with Gasteiger partial charge in [-0.05, 0) is 18.9 Å². The number of rotatable bonds is 4. The normalized spacial score (nSPS) is 18.2. The summed E-state index contributed by atoms with van der Waals surface area (Å²) < 4.78 is 13.6. The third-order valence-electron chi connectivity index (χ3n) is 3.67. The first kappa shape index (κ1) is 14.5. The minimum absolute atomic E-state index is 0.0420. The highest BCUT2D eigenvalue weighted by atomic mass is 19.1. The quantitative estimate of drug-likeness (QED) is 0.885. The highest BCUT2D eigenvalue weighted by Crippen LogP contribution is 2.32. The van der Waals surface area contributed by atoms with Crippen LogP contribution in [0.2, 0.25) is 0 Å². The van der Waals surface area contributed by atoms with Crippen molar-refractivity contribution >= 4 is 5.91 Å². The predicted octanol–water partition coefficient (Wildman–Crippen LogP) is 2.20. The Labute approximate surface area is 117 Å². The monoisotopic (exact) mass is 276 g/mol. The van der Waals surface area contributed by atoms with Gasteiger partial charge in [-0.15, -0.1) is 0 Å². The maximum Gasteiger partial charge on any atom is 0.224 e. The van der Waals surface area contributed by atoms with E-state index in [0.29, 0.717) is 12.8 Å². The summed E-state index contributed by atoms with van der Waals surface area (Å²) in [7, 11) is 0. The number of hydrogen-bond donors (Lipinski definition) is 2. The molecule has 1 amide bonds. The van der Waals surface area contributed by atoms with Crippen LogP contribution in [0.25, 0.3) is 0 Å². The number of benzene rings is 1. The summed E-state index contributed by atoms with van der Waals surface area (Å²) in [6, 6.07) is 6.69. The summed E-state index contributed by atoms with van der Waals surface area (Å²) in [6.07, 6.45) is 2.95. The predicted molar refractivity (Wildman–Crippen MR) is 70.9 cm³/mol. The number of carbonyl (C=O) groups is 1. The SMILES string of the molecule is N#CC(NC(=O)CC1(O)CCCC1)c1ccccc1F. The second-order valence-corrected chi connectivity index (χ2v) is 5.26. The molecule has 1 fully saturated rings. The topological polar surface area (TPSA) is 73.1 Å². The van der Waals surface area contributed by atoms with Gasteiger partial charge >= 0.3 is 0 Å². The molecule has 4 nitrogen and oxygen atoms in total. The molecule has 1 unspecified atom stereocenters. The van der Waals surface area contributed by atoms with Crippen LogP contribution in [-0.2, 0) is 4.79 Å². The van der Waals surface area contributed by atoms with E-state index in [1.807, 2.05) is 6.07 Å². The largest absolute Gasteiger partial charge is 0.389 e. The minimum Gasteiger partial charge on any atom is -0.389 e. The molecule has 1 aromatic carbocycles. The van der Waals surface area contributed by atoms with Gasteiger partial charge in [-0.1, -0.05) is 31.0 Å². The highest BCUT2D eigenvalue weighted by Gasteiger charge is 2.34. The fourth-order valence-electron chi connectivity index (χ4n) is 2.61. The third kappa shape index (κ3) is 3.34. The number of aliphatic hydroxyl groups is 1. The van der Waals surface area contributed by atoms with Crippen LogP contribution in [0.4, 0.5) is 4.39 Å². The molecule has 2 rings (SSSR count). The number of nitrogens with one attached hydrogen (secondary N) is 1. The average Bonchev–Trinajstić information content (AvgIpc) is 2.83. The van der Waals surface area contributed by atoms with Gasteiger partial charge in [0.15, 0.2) is 0 Å². The van der Waals surface area contributed by atoms with Crippen LogP contribution in [0.1, 0.15) is 43.7 Å². The van der Waals surface area contributed by atoms with Gasteiger partial charge < -0.3 is 10.4 Å². The summed E-state index contributed by atoms with van der Waals surface area (Å²) in [5.74, 6) is -0.955. The zero-order chi connectivity index (χ0) is 14.6. The van der Waals surface area contributed by atoms with E-state index in [4.69, 9.17) is 5.26 Å². The van der Waals surface area contributed by atoms with Gasteiger partial charge in [-0.2, -0.15) is 5.26 Å². The zero-order valence-electron chi connectivity index (χ0n) is 11.1. The number of amides is 1. The average molecular weight is 276 g/mol. The number of carbonyl (C=O) groups excluding carboxylic acids is 1. The van der Waals surface area contributed by atoms with Crippen LogP contribution in [0.3, 0.4) is 0 Å². The molecule has 0 heterocycles. The van der Waals surface area contributed by atoms with E-state index < -0.39 is 23.4 Å². The molecule has 1 aliphatic rings. The van der Waals surface area contributed by atoms with Crippen molar-refractivity contribution in [1.82, 2.24) is 5.32 Å². The Hall–Kier alpha value is -1.93. The lowest BCUT2D eigenvalue weighted by Crippen LogP contribution is -2.36. The van der Waals surface area contributed by atoms with Crippen molar-refractivity contribution in [2.24, 2.45) is 0 Å². The van der Waals surface area contributed by atoms with Gasteiger partial charge in [0.25, 0.3) is 0 Å². The minimum atomic E-state index is -1.03. The number of nitrogens with zero attached hydrogens (tertiary/aromatic N) is 1. The summed E-state index contributed by atoms with van der Waals surface area (Å²) >= 11 is 0. The van der Waals surface area contributed by atoms with Crippen LogP contribution < -0.4 is 5.32 Å². The van der Waals surface area contributed by atoms with Gasteiger partial charge in [0.1, 0.15) is 11.9 Å². The standard InChI is InChI=1S/C15H17FN2O2/c16-12-6-2-1-5-11(12)13(10-17)18-14(19)9-15(20)7-3-4-8-15/h1-2,5-6,13,20H,3-4,7-9H2,(H,18,19). The van der Waals surface area contributed by atoms with E-state index in [1.54, 1.807) is 6.07 Å². The van der Waals surface area contributed by atoms with E-state index >= 15 is 0 Å². The van der Waals surface area contributed by atoms with Gasteiger partial charge in [0, 0.05) is 5.56 Å². The fourth-order valence-corrected chi connectivity index (χ4v) is 2.61. The maximum absolute atomic E-state index is 13.6. The Bertz CT molecular complexity index is 533. The summed E-state index contributed by atoms with van der Waals surface area (Å²) in [4.78, 5) is 11.9. The molecule has 0 spiro atoms. The molecule has 0 aliphatic heterocycles. The second kappa shape index (κ2) is 6.02. The Morgan fingerprint density at radius 2 is 2.10 bits per heavy atom. The number of halogens is 1. The van der Waals surface area contributed by atoms with E-state index in [-0.39, 0.29) is 12.0 Å². The van der Waals surface area contributed by atoms with E-state index in [9.17, 15) is 14.3 Å². The molecule has 0 bridgehead atoms. The Morgan fingerprint density at radius 1 is 1.45 bits per heavy atom. The van der Waals surface area contributed by atoms with Crippen LogP contribution >= 0.6 is 0 Å². The smallest absolute Gasteiger partial charge is 0.224 e. The van der Waals surface area contributed by atoms with Gasteiger partial charge in [0.2, 0.25) is 5.91 Å². The van der Waals surface area contributed by atoms with E-state index in [2.05, 4.69) is 5.32 Å². The van der Waals surface area contributed by atoms with Crippen LogP contribution in [0, 0.1) is 17.1 Å². The van der Waals surface area contributed by atoms with E-state index in [0.717, 1.165) is 12.8 Å². The molecule has 0 radical (unpaired) electrons. The highest BCUT2D eigenvalue weighted by molar-refractivity contribution is 5.78. The molecule has 0 saturated heterocycles. The van der Waals surface area contributed by atoms with Crippen molar-refractivity contribution in [1.29, 1.82) is 5.26 Å². The van der Waals surface area contributed by atoms with Crippen molar-refractivity contribution in [2.45, 2.75) is 43.7 Å². The molecule has 2 N–H and O–H groups in total. The van der Waals surface area contributed by atoms with Crippen LogP contribution in [0.15, 0.2) is 24.3 Å². The first-order valence-corrected chi connectivity index (χ1v) is 6.70. The van der Waals surface area contributed by atoms with Crippen molar-refractivity contribution in [3.8, 4) is 6.07 Å². The molecule has 1 aromatic rings. The molecule has 106 valence electrons. The summed E-state index contributed by atoms with van der Waals surface area (Å²) in [5, 5.41) is 21.7. The Balaban J connectivity index is 2.02. The van der Waals surface area contributed by atoms with Crippen LogP contribution in [0.5, 0.6) is 0 Å². The lowest BCUT2D eigenvalue weighted by molar-refractivity contribution is -0.126. The first-order valence-electron chi connectivity index (χ1n) is 6.70. The van der Waals surface area contributed by atoms with Crippen molar-refractivity contribution in [3.05, 3.63) is 35.6 Å².